The van der Waals surface area contributed by atoms with Crippen LogP contribution >= 0.6 is 0 Å². The van der Waals surface area contributed by atoms with E-state index in [2.05, 4.69) is 32.5 Å². The molecule has 1 aliphatic rings. The summed E-state index contributed by atoms with van der Waals surface area (Å²) in [6.45, 7) is 4.41. The van der Waals surface area contributed by atoms with Crippen LogP contribution in [0, 0.1) is 5.92 Å². The third-order valence-corrected chi connectivity index (χ3v) is 3.57. The molecule has 90 valence electrons. The Morgan fingerprint density at radius 1 is 1.35 bits per heavy atom. The maximum atomic E-state index is 4.59. The van der Waals surface area contributed by atoms with Gasteiger partial charge >= 0.3 is 0 Å². The van der Waals surface area contributed by atoms with Crippen LogP contribution in [0.25, 0.3) is 11.2 Å². The van der Waals surface area contributed by atoms with Gasteiger partial charge in [-0.2, -0.15) is 0 Å². The highest BCUT2D eigenvalue weighted by atomic mass is 15.1. The van der Waals surface area contributed by atoms with Crippen LogP contribution < -0.4 is 10.6 Å². The number of rotatable bonds is 3. The van der Waals surface area contributed by atoms with E-state index in [1.54, 1.807) is 0 Å². The van der Waals surface area contributed by atoms with Gasteiger partial charge in [0, 0.05) is 13.0 Å². The van der Waals surface area contributed by atoms with Crippen molar-refractivity contribution in [3.8, 4) is 0 Å². The quantitative estimate of drug-likeness (QED) is 0.745. The van der Waals surface area contributed by atoms with E-state index in [1.807, 2.05) is 19.2 Å². The second-order valence-electron chi connectivity index (χ2n) is 4.65. The van der Waals surface area contributed by atoms with Crippen LogP contribution in [0.4, 0.5) is 5.82 Å². The molecule has 1 aliphatic heterocycles. The Morgan fingerprint density at radius 2 is 2.18 bits per heavy atom. The second-order valence-corrected chi connectivity index (χ2v) is 4.65. The van der Waals surface area contributed by atoms with Crippen LogP contribution in [0.3, 0.4) is 0 Å². The molecule has 2 aromatic heterocycles. The summed E-state index contributed by atoms with van der Waals surface area (Å²) in [4.78, 5) is 12.4. The summed E-state index contributed by atoms with van der Waals surface area (Å²) in [5.41, 5.74) is 1.81. The predicted molar refractivity (Wildman–Crippen MR) is 68.2 cm³/mol. The summed E-state index contributed by atoms with van der Waals surface area (Å²) in [7, 11) is 1.87. The first-order chi connectivity index (χ1) is 8.28. The molecule has 5 heteroatoms. The maximum Gasteiger partial charge on any atom is 0.179 e. The van der Waals surface area contributed by atoms with Crippen molar-refractivity contribution in [3.05, 3.63) is 18.0 Å². The molecule has 0 amide bonds. The SMILES string of the molecule is CNc1ccc2[nH]c(C(C)C3CNC3)nc2n1. The first-order valence-corrected chi connectivity index (χ1v) is 6.03. The van der Waals surface area contributed by atoms with Crippen molar-refractivity contribution >= 4 is 17.0 Å². The van der Waals surface area contributed by atoms with E-state index >= 15 is 0 Å². The van der Waals surface area contributed by atoms with Crippen molar-refractivity contribution < 1.29 is 0 Å². The minimum atomic E-state index is 0.462. The highest BCUT2D eigenvalue weighted by Gasteiger charge is 2.26. The normalized spacial score (nSPS) is 18.0. The number of nitrogens with zero attached hydrogens (tertiary/aromatic N) is 2. The first kappa shape index (κ1) is 10.5. The topological polar surface area (TPSA) is 65.6 Å². The van der Waals surface area contributed by atoms with Crippen LogP contribution in [0.1, 0.15) is 18.7 Å². The number of hydrogen-bond acceptors (Lipinski definition) is 4. The van der Waals surface area contributed by atoms with Crippen LogP contribution in [-0.2, 0) is 0 Å². The Kier molecular flexibility index (Phi) is 2.48. The van der Waals surface area contributed by atoms with E-state index < -0.39 is 0 Å². The largest absolute Gasteiger partial charge is 0.373 e. The molecule has 3 heterocycles. The molecule has 0 radical (unpaired) electrons. The van der Waals surface area contributed by atoms with Crippen LogP contribution in [0.15, 0.2) is 12.1 Å². The number of fused-ring (bicyclic) bond motifs is 1. The van der Waals surface area contributed by atoms with Gasteiger partial charge < -0.3 is 15.6 Å². The number of pyridine rings is 1. The minimum absolute atomic E-state index is 0.462. The molecular weight excluding hydrogens is 214 g/mol. The average molecular weight is 231 g/mol. The zero-order valence-electron chi connectivity index (χ0n) is 10.1. The summed E-state index contributed by atoms with van der Waals surface area (Å²) in [6.07, 6.45) is 0. The molecule has 1 saturated heterocycles. The number of hydrogen-bond donors (Lipinski definition) is 3. The smallest absolute Gasteiger partial charge is 0.179 e. The van der Waals surface area contributed by atoms with Crippen LogP contribution in [0.5, 0.6) is 0 Å². The van der Waals surface area contributed by atoms with Crippen molar-refractivity contribution in [2.45, 2.75) is 12.8 Å². The van der Waals surface area contributed by atoms with Gasteiger partial charge in [-0.05, 0) is 31.1 Å². The number of imidazole rings is 1. The lowest BCUT2D eigenvalue weighted by Crippen LogP contribution is -2.44. The van der Waals surface area contributed by atoms with Crippen LogP contribution in [-0.4, -0.2) is 35.1 Å². The first-order valence-electron chi connectivity index (χ1n) is 6.03. The Balaban J connectivity index is 1.95. The van der Waals surface area contributed by atoms with Gasteiger partial charge in [-0.3, -0.25) is 0 Å². The molecule has 2 aromatic rings. The summed E-state index contributed by atoms with van der Waals surface area (Å²) in [5.74, 6) is 3.06. The molecule has 0 aliphatic carbocycles. The van der Waals surface area contributed by atoms with Gasteiger partial charge in [0.15, 0.2) is 5.65 Å². The predicted octanol–water partition coefficient (Wildman–Crippen LogP) is 1.32. The van der Waals surface area contributed by atoms with Crippen molar-refractivity contribution in [2.75, 3.05) is 25.5 Å². The molecule has 0 spiro atoms. The molecular formula is C12H17N5. The minimum Gasteiger partial charge on any atom is -0.373 e. The van der Waals surface area contributed by atoms with Gasteiger partial charge in [-0.15, -0.1) is 0 Å². The van der Waals surface area contributed by atoms with Crippen molar-refractivity contribution in [2.24, 2.45) is 5.92 Å². The number of H-pyrrole nitrogens is 1. The van der Waals surface area contributed by atoms with Gasteiger partial charge in [0.25, 0.3) is 0 Å². The molecule has 0 saturated carbocycles. The number of nitrogens with one attached hydrogen (secondary N) is 3. The maximum absolute atomic E-state index is 4.59. The van der Waals surface area contributed by atoms with Crippen molar-refractivity contribution in [1.29, 1.82) is 0 Å². The highest BCUT2D eigenvalue weighted by molar-refractivity contribution is 5.73. The summed E-state index contributed by atoms with van der Waals surface area (Å²) in [5, 5.41) is 6.32. The Labute approximate surface area is 100 Å². The highest BCUT2D eigenvalue weighted by Crippen LogP contribution is 2.26. The van der Waals surface area contributed by atoms with Crippen molar-refractivity contribution in [3.63, 3.8) is 0 Å². The van der Waals surface area contributed by atoms with E-state index in [9.17, 15) is 0 Å². The monoisotopic (exact) mass is 231 g/mol. The van der Waals surface area contributed by atoms with E-state index in [1.165, 1.54) is 0 Å². The Morgan fingerprint density at radius 3 is 2.82 bits per heavy atom. The average Bonchev–Trinajstić information content (AvgIpc) is 2.68. The molecule has 3 N–H and O–H groups in total. The lowest BCUT2D eigenvalue weighted by Gasteiger charge is -2.31. The standard InChI is InChI=1S/C12H17N5/c1-7(8-5-14-6-8)11-15-9-3-4-10(13-2)16-12(9)17-11/h3-4,7-8,14H,5-6H2,1-2H3,(H2,13,15,16,17). The zero-order valence-corrected chi connectivity index (χ0v) is 10.1. The molecule has 1 unspecified atom stereocenters. The van der Waals surface area contributed by atoms with Crippen molar-refractivity contribution in [1.82, 2.24) is 20.3 Å². The fraction of sp³-hybridized carbons (Fsp3) is 0.500. The number of anilines is 1. The molecule has 1 atom stereocenters. The lowest BCUT2D eigenvalue weighted by molar-refractivity contribution is 0.297. The summed E-state index contributed by atoms with van der Waals surface area (Å²) < 4.78 is 0. The van der Waals surface area contributed by atoms with Gasteiger partial charge in [0.1, 0.15) is 11.6 Å². The van der Waals surface area contributed by atoms with Crippen LogP contribution in [0.2, 0.25) is 0 Å². The van der Waals surface area contributed by atoms with E-state index in [0.29, 0.717) is 11.8 Å². The molecule has 5 nitrogen and oxygen atoms in total. The molecule has 0 aromatic carbocycles. The molecule has 3 rings (SSSR count). The van der Waals surface area contributed by atoms with E-state index in [4.69, 9.17) is 0 Å². The number of aromatic amines is 1. The Bertz CT molecular complexity index is 529. The second kappa shape index (κ2) is 4.00. The van der Waals surface area contributed by atoms with Gasteiger partial charge in [-0.1, -0.05) is 6.92 Å². The fourth-order valence-corrected chi connectivity index (χ4v) is 2.15. The zero-order chi connectivity index (χ0) is 11.8. The fourth-order valence-electron chi connectivity index (χ4n) is 2.15. The Hall–Kier alpha value is -1.62. The number of aromatic nitrogens is 3. The van der Waals surface area contributed by atoms with E-state index in [0.717, 1.165) is 35.9 Å². The summed E-state index contributed by atoms with van der Waals surface area (Å²) >= 11 is 0. The summed E-state index contributed by atoms with van der Waals surface area (Å²) in [6, 6.07) is 3.98. The van der Waals surface area contributed by atoms with Gasteiger partial charge in [0.2, 0.25) is 0 Å². The van der Waals surface area contributed by atoms with Gasteiger partial charge in [0.05, 0.1) is 5.52 Å². The third kappa shape index (κ3) is 1.76. The van der Waals surface area contributed by atoms with Gasteiger partial charge in [-0.25, -0.2) is 9.97 Å². The lowest BCUT2D eigenvalue weighted by atomic mass is 9.88. The molecule has 17 heavy (non-hydrogen) atoms. The third-order valence-electron chi connectivity index (χ3n) is 3.57. The molecule has 1 fully saturated rings. The molecule has 0 bridgehead atoms. The van der Waals surface area contributed by atoms with E-state index in [-0.39, 0.29) is 0 Å².